The summed E-state index contributed by atoms with van der Waals surface area (Å²) in [5.74, 6) is -0.0263. The SMILES string of the molecule is CC(=O)Nc1ccsc1CNC1COC1. The molecule has 1 aromatic heterocycles. The highest BCUT2D eigenvalue weighted by molar-refractivity contribution is 7.10. The second kappa shape index (κ2) is 4.74. The number of anilines is 1. The minimum atomic E-state index is -0.0263. The Morgan fingerprint density at radius 3 is 3.07 bits per heavy atom. The van der Waals surface area contributed by atoms with Gasteiger partial charge in [0.25, 0.3) is 0 Å². The molecule has 5 heteroatoms. The lowest BCUT2D eigenvalue weighted by atomic mass is 10.2. The van der Waals surface area contributed by atoms with Crippen molar-refractivity contribution in [3.63, 3.8) is 0 Å². The number of ether oxygens (including phenoxy) is 1. The molecular weight excluding hydrogens is 212 g/mol. The number of amides is 1. The van der Waals surface area contributed by atoms with Crippen LogP contribution in [0, 0.1) is 0 Å². The lowest BCUT2D eigenvalue weighted by Crippen LogP contribution is -2.45. The van der Waals surface area contributed by atoms with Crippen LogP contribution in [-0.4, -0.2) is 25.2 Å². The summed E-state index contributed by atoms with van der Waals surface area (Å²) >= 11 is 1.65. The zero-order valence-corrected chi connectivity index (χ0v) is 9.39. The van der Waals surface area contributed by atoms with E-state index in [4.69, 9.17) is 4.74 Å². The van der Waals surface area contributed by atoms with Crippen molar-refractivity contribution in [2.24, 2.45) is 0 Å². The van der Waals surface area contributed by atoms with Crippen molar-refractivity contribution in [3.8, 4) is 0 Å². The average Bonchev–Trinajstić information content (AvgIpc) is 2.49. The van der Waals surface area contributed by atoms with Crippen molar-refractivity contribution in [2.75, 3.05) is 18.5 Å². The topological polar surface area (TPSA) is 50.4 Å². The standard InChI is InChI=1S/C10H14N2O2S/c1-7(13)12-9-2-3-15-10(9)4-11-8-5-14-6-8/h2-3,8,11H,4-6H2,1H3,(H,12,13). The van der Waals surface area contributed by atoms with Gasteiger partial charge in [-0.1, -0.05) is 0 Å². The van der Waals surface area contributed by atoms with Gasteiger partial charge in [-0.25, -0.2) is 0 Å². The summed E-state index contributed by atoms with van der Waals surface area (Å²) in [7, 11) is 0. The minimum absolute atomic E-state index is 0.0263. The van der Waals surface area contributed by atoms with Gasteiger partial charge in [-0.3, -0.25) is 4.79 Å². The zero-order chi connectivity index (χ0) is 10.7. The van der Waals surface area contributed by atoms with Crippen LogP contribution < -0.4 is 10.6 Å². The normalized spacial score (nSPS) is 16.1. The number of carbonyl (C=O) groups excluding carboxylic acids is 1. The first-order valence-electron chi connectivity index (χ1n) is 4.91. The van der Waals surface area contributed by atoms with Gasteiger partial charge in [0.1, 0.15) is 0 Å². The van der Waals surface area contributed by atoms with Gasteiger partial charge in [0, 0.05) is 18.3 Å². The number of thiophene rings is 1. The Bertz CT molecular complexity index is 347. The number of nitrogens with one attached hydrogen (secondary N) is 2. The molecule has 0 aromatic carbocycles. The maximum absolute atomic E-state index is 10.9. The van der Waals surface area contributed by atoms with Gasteiger partial charge in [-0.15, -0.1) is 11.3 Å². The highest BCUT2D eigenvalue weighted by Crippen LogP contribution is 2.22. The summed E-state index contributed by atoms with van der Waals surface area (Å²) in [6, 6.07) is 2.40. The molecule has 1 aliphatic rings. The van der Waals surface area contributed by atoms with Crippen molar-refractivity contribution in [2.45, 2.75) is 19.5 Å². The Morgan fingerprint density at radius 1 is 1.67 bits per heavy atom. The average molecular weight is 226 g/mol. The predicted molar refractivity (Wildman–Crippen MR) is 60.1 cm³/mol. The van der Waals surface area contributed by atoms with Crippen LogP contribution in [0.5, 0.6) is 0 Å². The number of hydrogen-bond donors (Lipinski definition) is 2. The van der Waals surface area contributed by atoms with Crippen molar-refractivity contribution in [3.05, 3.63) is 16.3 Å². The monoisotopic (exact) mass is 226 g/mol. The van der Waals surface area contributed by atoms with Crippen LogP contribution in [0.15, 0.2) is 11.4 Å². The molecule has 0 radical (unpaired) electrons. The Hall–Kier alpha value is -0.910. The minimum Gasteiger partial charge on any atom is -0.378 e. The fourth-order valence-corrected chi connectivity index (χ4v) is 2.15. The second-order valence-electron chi connectivity index (χ2n) is 3.55. The first-order valence-corrected chi connectivity index (χ1v) is 5.79. The Balaban J connectivity index is 1.88. The van der Waals surface area contributed by atoms with E-state index in [0.29, 0.717) is 6.04 Å². The van der Waals surface area contributed by atoms with Crippen molar-refractivity contribution >= 4 is 22.9 Å². The van der Waals surface area contributed by atoms with Gasteiger partial charge in [0.2, 0.25) is 5.91 Å². The number of hydrogen-bond acceptors (Lipinski definition) is 4. The van der Waals surface area contributed by atoms with Gasteiger partial charge in [-0.2, -0.15) is 0 Å². The Kier molecular flexibility index (Phi) is 3.35. The van der Waals surface area contributed by atoms with Crippen LogP contribution >= 0.6 is 11.3 Å². The Morgan fingerprint density at radius 2 is 2.47 bits per heavy atom. The third-order valence-corrected chi connectivity index (χ3v) is 3.17. The lowest BCUT2D eigenvalue weighted by Gasteiger charge is -2.26. The van der Waals surface area contributed by atoms with Gasteiger partial charge < -0.3 is 15.4 Å². The summed E-state index contributed by atoms with van der Waals surface area (Å²) in [6.45, 7) is 3.90. The molecule has 2 rings (SSSR count). The molecule has 1 aliphatic heterocycles. The smallest absolute Gasteiger partial charge is 0.221 e. The molecule has 0 atom stereocenters. The molecule has 0 bridgehead atoms. The first kappa shape index (κ1) is 10.6. The van der Waals surface area contributed by atoms with E-state index < -0.39 is 0 Å². The third kappa shape index (κ3) is 2.77. The highest BCUT2D eigenvalue weighted by Gasteiger charge is 2.17. The van der Waals surface area contributed by atoms with Crippen LogP contribution in [0.2, 0.25) is 0 Å². The molecule has 2 heterocycles. The molecular formula is C10H14N2O2S. The summed E-state index contributed by atoms with van der Waals surface area (Å²) < 4.78 is 5.07. The quantitative estimate of drug-likeness (QED) is 0.811. The van der Waals surface area contributed by atoms with Gasteiger partial charge >= 0.3 is 0 Å². The van der Waals surface area contributed by atoms with Crippen LogP contribution in [-0.2, 0) is 16.1 Å². The summed E-state index contributed by atoms with van der Waals surface area (Å²) in [4.78, 5) is 12.1. The molecule has 0 unspecified atom stereocenters. The zero-order valence-electron chi connectivity index (χ0n) is 8.58. The molecule has 0 spiro atoms. The van der Waals surface area contributed by atoms with E-state index >= 15 is 0 Å². The van der Waals surface area contributed by atoms with Gasteiger partial charge in [-0.05, 0) is 11.4 Å². The maximum Gasteiger partial charge on any atom is 0.221 e. The van der Waals surface area contributed by atoms with E-state index in [2.05, 4.69) is 10.6 Å². The van der Waals surface area contributed by atoms with Crippen LogP contribution in [0.3, 0.4) is 0 Å². The molecule has 1 aromatic rings. The molecule has 1 fully saturated rings. The highest BCUT2D eigenvalue weighted by atomic mass is 32.1. The fourth-order valence-electron chi connectivity index (χ4n) is 1.37. The van der Waals surface area contributed by atoms with E-state index in [9.17, 15) is 4.79 Å². The molecule has 0 saturated carbocycles. The molecule has 2 N–H and O–H groups in total. The van der Waals surface area contributed by atoms with E-state index in [0.717, 1.165) is 30.3 Å². The van der Waals surface area contributed by atoms with Gasteiger partial charge in [0.15, 0.2) is 0 Å². The van der Waals surface area contributed by atoms with E-state index in [1.807, 2.05) is 11.4 Å². The summed E-state index contributed by atoms with van der Waals surface area (Å²) in [5.41, 5.74) is 0.917. The molecule has 15 heavy (non-hydrogen) atoms. The van der Waals surface area contributed by atoms with Gasteiger partial charge in [0.05, 0.1) is 24.9 Å². The molecule has 1 saturated heterocycles. The lowest BCUT2D eigenvalue weighted by molar-refractivity contribution is -0.114. The third-order valence-electron chi connectivity index (χ3n) is 2.25. The fraction of sp³-hybridized carbons (Fsp3) is 0.500. The molecule has 0 aliphatic carbocycles. The second-order valence-corrected chi connectivity index (χ2v) is 4.55. The predicted octanol–water partition coefficient (Wildman–Crippen LogP) is 1.19. The summed E-state index contributed by atoms with van der Waals surface area (Å²) in [5, 5.41) is 8.17. The summed E-state index contributed by atoms with van der Waals surface area (Å²) in [6.07, 6.45) is 0. The van der Waals surface area contributed by atoms with Crippen LogP contribution in [0.1, 0.15) is 11.8 Å². The van der Waals surface area contributed by atoms with Crippen LogP contribution in [0.4, 0.5) is 5.69 Å². The molecule has 82 valence electrons. The number of rotatable bonds is 4. The largest absolute Gasteiger partial charge is 0.378 e. The Labute approximate surface area is 92.6 Å². The molecule has 4 nitrogen and oxygen atoms in total. The first-order chi connectivity index (χ1) is 7.25. The van der Waals surface area contributed by atoms with E-state index in [1.54, 1.807) is 11.3 Å². The van der Waals surface area contributed by atoms with Crippen LogP contribution in [0.25, 0.3) is 0 Å². The maximum atomic E-state index is 10.9. The van der Waals surface area contributed by atoms with E-state index in [1.165, 1.54) is 6.92 Å². The number of carbonyl (C=O) groups is 1. The van der Waals surface area contributed by atoms with Crippen molar-refractivity contribution < 1.29 is 9.53 Å². The van der Waals surface area contributed by atoms with Crippen molar-refractivity contribution in [1.29, 1.82) is 0 Å². The van der Waals surface area contributed by atoms with Crippen molar-refractivity contribution in [1.82, 2.24) is 5.32 Å². The van der Waals surface area contributed by atoms with E-state index in [-0.39, 0.29) is 5.91 Å². The molecule has 1 amide bonds.